The molecule has 2 rings (SSSR count). The average molecular weight is 299 g/mol. The van der Waals surface area contributed by atoms with E-state index in [1.165, 1.54) is 7.11 Å². The van der Waals surface area contributed by atoms with Crippen molar-refractivity contribution in [3.05, 3.63) is 28.0 Å². The second-order valence-corrected chi connectivity index (χ2v) is 5.44. The van der Waals surface area contributed by atoms with Crippen LogP contribution >= 0.6 is 23.8 Å². The first-order chi connectivity index (χ1) is 8.97. The molecule has 1 atom stereocenters. The molecule has 1 aromatic carbocycles. The summed E-state index contributed by atoms with van der Waals surface area (Å²) in [7, 11) is 1.38. The van der Waals surface area contributed by atoms with Gasteiger partial charge in [0.15, 0.2) is 4.77 Å². The van der Waals surface area contributed by atoms with Crippen molar-refractivity contribution < 1.29 is 9.53 Å². The van der Waals surface area contributed by atoms with Crippen molar-refractivity contribution in [2.24, 2.45) is 5.92 Å². The Morgan fingerprint density at radius 3 is 2.74 bits per heavy atom. The maximum Gasteiger partial charge on any atom is 0.329 e. The number of esters is 1. The molecule has 2 aromatic rings. The minimum atomic E-state index is -0.468. The van der Waals surface area contributed by atoms with E-state index in [0.717, 1.165) is 11.0 Å². The summed E-state index contributed by atoms with van der Waals surface area (Å²) in [4.78, 5) is 15.0. The highest BCUT2D eigenvalue weighted by atomic mass is 35.5. The van der Waals surface area contributed by atoms with Gasteiger partial charge in [-0.1, -0.05) is 31.5 Å². The molecule has 0 aliphatic carbocycles. The first-order valence-electron chi connectivity index (χ1n) is 5.94. The molecule has 0 radical (unpaired) electrons. The van der Waals surface area contributed by atoms with Gasteiger partial charge < -0.3 is 14.3 Å². The normalized spacial score (nSPS) is 12.9. The standard InChI is InChI=1S/C13H15ClN2O2S/c1-7(2)11(12(17)18-3)16-9-6-4-5-8(14)10(9)15-13(16)19/h4-7,11H,1-3H3,(H,15,19). The number of carbonyl (C=O) groups is 1. The molecule has 0 aliphatic rings. The molecule has 0 bridgehead atoms. The van der Waals surface area contributed by atoms with Crippen molar-refractivity contribution in [3.63, 3.8) is 0 Å². The van der Waals surface area contributed by atoms with Crippen LogP contribution in [0.3, 0.4) is 0 Å². The van der Waals surface area contributed by atoms with E-state index in [0.29, 0.717) is 9.79 Å². The van der Waals surface area contributed by atoms with E-state index in [4.69, 9.17) is 28.6 Å². The molecule has 0 amide bonds. The van der Waals surface area contributed by atoms with E-state index in [2.05, 4.69) is 4.98 Å². The summed E-state index contributed by atoms with van der Waals surface area (Å²) in [6.45, 7) is 3.90. The van der Waals surface area contributed by atoms with Gasteiger partial charge in [0.2, 0.25) is 0 Å². The van der Waals surface area contributed by atoms with Gasteiger partial charge in [-0.2, -0.15) is 0 Å². The lowest BCUT2D eigenvalue weighted by Gasteiger charge is -2.20. The maximum absolute atomic E-state index is 12.0. The summed E-state index contributed by atoms with van der Waals surface area (Å²) in [6, 6.07) is 5.02. The highest BCUT2D eigenvalue weighted by molar-refractivity contribution is 7.71. The number of imidazole rings is 1. The molecule has 19 heavy (non-hydrogen) atoms. The number of methoxy groups -OCH3 is 1. The van der Waals surface area contributed by atoms with Gasteiger partial charge >= 0.3 is 5.97 Å². The van der Waals surface area contributed by atoms with Gasteiger partial charge in [0.05, 0.1) is 23.2 Å². The number of para-hydroxylation sites is 1. The number of fused-ring (bicyclic) bond motifs is 1. The summed E-state index contributed by atoms with van der Waals surface area (Å²) >= 11 is 11.4. The van der Waals surface area contributed by atoms with Crippen LogP contribution in [-0.2, 0) is 9.53 Å². The van der Waals surface area contributed by atoms with E-state index >= 15 is 0 Å². The smallest absolute Gasteiger partial charge is 0.329 e. The number of rotatable bonds is 3. The second-order valence-electron chi connectivity index (χ2n) is 4.65. The van der Waals surface area contributed by atoms with Crippen LogP contribution in [-0.4, -0.2) is 22.6 Å². The predicted molar refractivity (Wildman–Crippen MR) is 78.0 cm³/mol. The molecule has 102 valence electrons. The number of aromatic amines is 1. The van der Waals surface area contributed by atoms with E-state index < -0.39 is 6.04 Å². The van der Waals surface area contributed by atoms with E-state index in [9.17, 15) is 4.79 Å². The van der Waals surface area contributed by atoms with Crippen LogP contribution in [0.2, 0.25) is 5.02 Å². The summed E-state index contributed by atoms with van der Waals surface area (Å²) in [5.74, 6) is -0.260. The van der Waals surface area contributed by atoms with Crippen LogP contribution in [0.15, 0.2) is 18.2 Å². The zero-order valence-corrected chi connectivity index (χ0v) is 12.5. The van der Waals surface area contributed by atoms with Crippen LogP contribution in [0.1, 0.15) is 19.9 Å². The quantitative estimate of drug-likeness (QED) is 0.694. The monoisotopic (exact) mass is 298 g/mol. The first kappa shape index (κ1) is 14.1. The Bertz CT molecular complexity index is 675. The van der Waals surface area contributed by atoms with Crippen LogP contribution in [0.5, 0.6) is 0 Å². The highest BCUT2D eigenvalue weighted by Crippen LogP contribution is 2.29. The van der Waals surface area contributed by atoms with Gasteiger partial charge in [-0.15, -0.1) is 0 Å². The van der Waals surface area contributed by atoms with Gasteiger partial charge in [0, 0.05) is 0 Å². The van der Waals surface area contributed by atoms with Crippen molar-refractivity contribution in [2.75, 3.05) is 7.11 Å². The summed E-state index contributed by atoms with van der Waals surface area (Å²) in [5, 5.41) is 0.578. The molecule has 0 saturated carbocycles. The zero-order valence-electron chi connectivity index (χ0n) is 10.9. The molecule has 0 fully saturated rings. The summed E-state index contributed by atoms with van der Waals surface area (Å²) in [6.07, 6.45) is 0. The van der Waals surface area contributed by atoms with Gasteiger partial charge in [0.1, 0.15) is 6.04 Å². The van der Waals surface area contributed by atoms with Crippen LogP contribution in [0.4, 0.5) is 0 Å². The number of hydrogen-bond acceptors (Lipinski definition) is 3. The fraction of sp³-hybridized carbons (Fsp3) is 0.385. The van der Waals surface area contributed by atoms with Crippen LogP contribution < -0.4 is 0 Å². The van der Waals surface area contributed by atoms with E-state index in [-0.39, 0.29) is 11.9 Å². The Kier molecular flexibility index (Phi) is 3.96. The number of hydrogen-bond donors (Lipinski definition) is 1. The number of nitrogens with one attached hydrogen (secondary N) is 1. The predicted octanol–water partition coefficient (Wildman–Crippen LogP) is 3.72. The fourth-order valence-electron chi connectivity index (χ4n) is 2.19. The minimum Gasteiger partial charge on any atom is -0.467 e. The minimum absolute atomic E-state index is 0.0529. The molecule has 1 unspecified atom stereocenters. The summed E-state index contributed by atoms with van der Waals surface area (Å²) < 4.78 is 7.11. The molecular formula is C13H15ClN2O2S. The Morgan fingerprint density at radius 2 is 2.16 bits per heavy atom. The third kappa shape index (κ3) is 2.40. The zero-order chi connectivity index (χ0) is 14.2. The molecule has 1 N–H and O–H groups in total. The van der Waals surface area contributed by atoms with Crippen molar-refractivity contribution in [2.45, 2.75) is 19.9 Å². The number of ether oxygens (including phenoxy) is 1. The maximum atomic E-state index is 12.0. The first-order valence-corrected chi connectivity index (χ1v) is 6.72. The number of nitrogens with zero attached hydrogens (tertiary/aromatic N) is 1. The second kappa shape index (κ2) is 5.35. The molecule has 0 saturated heterocycles. The molecular weight excluding hydrogens is 284 g/mol. The lowest BCUT2D eigenvalue weighted by Crippen LogP contribution is -2.25. The number of H-pyrrole nitrogens is 1. The lowest BCUT2D eigenvalue weighted by atomic mass is 10.0. The number of carbonyl (C=O) groups excluding carboxylic acids is 1. The SMILES string of the molecule is COC(=O)C(C(C)C)n1c(=S)[nH]c2c(Cl)cccc21. The highest BCUT2D eigenvalue weighted by Gasteiger charge is 2.27. The number of benzene rings is 1. The molecule has 1 heterocycles. The number of halogens is 1. The van der Waals surface area contributed by atoms with Crippen molar-refractivity contribution in [3.8, 4) is 0 Å². The third-order valence-corrected chi connectivity index (χ3v) is 3.67. The van der Waals surface area contributed by atoms with Gasteiger partial charge in [-0.25, -0.2) is 4.79 Å². The summed E-state index contributed by atoms with van der Waals surface area (Å²) in [5.41, 5.74) is 1.55. The van der Waals surface area contributed by atoms with E-state index in [1.807, 2.05) is 26.0 Å². The van der Waals surface area contributed by atoms with Crippen molar-refractivity contribution in [1.82, 2.24) is 9.55 Å². The average Bonchev–Trinajstić information content (AvgIpc) is 2.68. The number of aromatic nitrogens is 2. The fourth-order valence-corrected chi connectivity index (χ4v) is 2.72. The Labute approximate surface area is 121 Å². The van der Waals surface area contributed by atoms with Gasteiger partial charge in [-0.05, 0) is 30.3 Å². The molecule has 0 spiro atoms. The van der Waals surface area contributed by atoms with Gasteiger partial charge in [0.25, 0.3) is 0 Å². The molecule has 4 nitrogen and oxygen atoms in total. The van der Waals surface area contributed by atoms with Crippen molar-refractivity contribution in [1.29, 1.82) is 0 Å². The Morgan fingerprint density at radius 1 is 1.47 bits per heavy atom. The molecule has 0 aliphatic heterocycles. The van der Waals surface area contributed by atoms with Crippen LogP contribution in [0, 0.1) is 10.7 Å². The van der Waals surface area contributed by atoms with Crippen LogP contribution in [0.25, 0.3) is 11.0 Å². The van der Waals surface area contributed by atoms with Crippen molar-refractivity contribution >= 4 is 40.8 Å². The molecule has 6 heteroatoms. The van der Waals surface area contributed by atoms with Gasteiger partial charge in [-0.3, -0.25) is 0 Å². The van der Waals surface area contributed by atoms with E-state index in [1.54, 1.807) is 10.6 Å². The third-order valence-electron chi connectivity index (χ3n) is 3.05. The Hall–Kier alpha value is -1.33. The Balaban J connectivity index is 2.73. The lowest BCUT2D eigenvalue weighted by molar-refractivity contribution is -0.145. The molecule has 1 aromatic heterocycles. The largest absolute Gasteiger partial charge is 0.467 e. The topological polar surface area (TPSA) is 47.0 Å².